The maximum Gasteiger partial charge on any atom is 0.319 e. The molecule has 0 saturated heterocycles. The smallest absolute Gasteiger partial charge is 0.319 e. The molecule has 0 fully saturated rings. The molecule has 21 heavy (non-hydrogen) atoms. The monoisotopic (exact) mass is 286 g/mol. The van der Waals surface area contributed by atoms with Gasteiger partial charge in [0.2, 0.25) is 0 Å². The molecule has 1 aromatic carbocycles. The fourth-order valence-corrected chi connectivity index (χ4v) is 1.92. The van der Waals surface area contributed by atoms with Crippen LogP contribution >= 0.6 is 0 Å². The zero-order valence-corrected chi connectivity index (χ0v) is 12.1. The minimum Gasteiger partial charge on any atom is -0.338 e. The Kier molecular flexibility index (Phi) is 4.71. The number of carbonyl (C=O) groups is 2. The van der Waals surface area contributed by atoms with Crippen molar-refractivity contribution in [2.75, 3.05) is 11.9 Å². The molecule has 6 nitrogen and oxygen atoms in total. The average molecular weight is 286 g/mol. The van der Waals surface area contributed by atoms with Gasteiger partial charge in [0.05, 0.1) is 0 Å². The molecule has 0 atom stereocenters. The standard InChI is InChI=1S/C15H18N4O2/c1-11(20)12-4-3-5-13(10-12)18-15(21)17-7-6-14-16-8-9-19(14)2/h3-5,8-10H,6-7H2,1-2H3,(H2,17,18,21). The van der Waals surface area contributed by atoms with Crippen LogP contribution in [0.25, 0.3) is 0 Å². The fraction of sp³-hybridized carbons (Fsp3) is 0.267. The minimum atomic E-state index is -0.301. The molecule has 0 unspecified atom stereocenters. The molecule has 110 valence electrons. The van der Waals surface area contributed by atoms with E-state index in [0.717, 1.165) is 5.82 Å². The number of aryl methyl sites for hydroxylation is 1. The second-order valence-corrected chi connectivity index (χ2v) is 4.72. The maximum absolute atomic E-state index is 11.8. The predicted molar refractivity (Wildman–Crippen MR) is 80.4 cm³/mol. The molecular formula is C15H18N4O2. The molecule has 0 bridgehead atoms. The lowest BCUT2D eigenvalue weighted by Crippen LogP contribution is -2.30. The summed E-state index contributed by atoms with van der Waals surface area (Å²) in [6.45, 7) is 1.98. The fourth-order valence-electron chi connectivity index (χ4n) is 1.92. The van der Waals surface area contributed by atoms with Crippen LogP contribution < -0.4 is 10.6 Å². The first-order valence-corrected chi connectivity index (χ1v) is 6.68. The molecule has 1 aromatic heterocycles. The Bertz CT molecular complexity index is 649. The lowest BCUT2D eigenvalue weighted by molar-refractivity contribution is 0.101. The molecule has 2 aromatic rings. The van der Waals surface area contributed by atoms with Gasteiger partial charge in [0.15, 0.2) is 5.78 Å². The molecule has 0 spiro atoms. The van der Waals surface area contributed by atoms with E-state index in [2.05, 4.69) is 15.6 Å². The first kappa shape index (κ1) is 14.8. The van der Waals surface area contributed by atoms with Crippen LogP contribution in [0.4, 0.5) is 10.5 Å². The number of aromatic nitrogens is 2. The van der Waals surface area contributed by atoms with Gasteiger partial charge in [0, 0.05) is 43.7 Å². The predicted octanol–water partition coefficient (Wildman–Crippen LogP) is 1.99. The number of imidazole rings is 1. The molecule has 0 radical (unpaired) electrons. The number of nitrogens with one attached hydrogen (secondary N) is 2. The van der Waals surface area contributed by atoms with Crippen LogP contribution in [0, 0.1) is 0 Å². The lowest BCUT2D eigenvalue weighted by Gasteiger charge is -2.08. The van der Waals surface area contributed by atoms with Crippen LogP contribution in [-0.4, -0.2) is 27.9 Å². The SMILES string of the molecule is CC(=O)c1cccc(NC(=O)NCCc2nccn2C)c1. The van der Waals surface area contributed by atoms with Gasteiger partial charge in [0.25, 0.3) is 0 Å². The van der Waals surface area contributed by atoms with Crippen molar-refractivity contribution in [3.8, 4) is 0 Å². The van der Waals surface area contributed by atoms with Gasteiger partial charge >= 0.3 is 6.03 Å². The third-order valence-corrected chi connectivity index (χ3v) is 3.08. The van der Waals surface area contributed by atoms with E-state index < -0.39 is 0 Å². The highest BCUT2D eigenvalue weighted by Crippen LogP contribution is 2.10. The second-order valence-electron chi connectivity index (χ2n) is 4.72. The highest BCUT2D eigenvalue weighted by Gasteiger charge is 2.05. The van der Waals surface area contributed by atoms with Crippen molar-refractivity contribution in [1.82, 2.24) is 14.9 Å². The second kappa shape index (κ2) is 6.69. The van der Waals surface area contributed by atoms with Gasteiger partial charge in [-0.05, 0) is 19.1 Å². The average Bonchev–Trinajstić information content (AvgIpc) is 2.85. The van der Waals surface area contributed by atoms with E-state index in [1.54, 1.807) is 30.5 Å². The Hall–Kier alpha value is -2.63. The van der Waals surface area contributed by atoms with Crippen LogP contribution in [0.2, 0.25) is 0 Å². The van der Waals surface area contributed by atoms with Gasteiger partial charge in [-0.15, -0.1) is 0 Å². The molecule has 0 aliphatic carbocycles. The van der Waals surface area contributed by atoms with E-state index in [9.17, 15) is 9.59 Å². The number of nitrogens with zero attached hydrogens (tertiary/aromatic N) is 2. The number of ketones is 1. The number of hydrogen-bond acceptors (Lipinski definition) is 3. The number of hydrogen-bond donors (Lipinski definition) is 2. The Morgan fingerprint density at radius 2 is 2.14 bits per heavy atom. The van der Waals surface area contributed by atoms with E-state index in [1.807, 2.05) is 17.8 Å². The third kappa shape index (κ3) is 4.17. The quantitative estimate of drug-likeness (QED) is 0.825. The van der Waals surface area contributed by atoms with E-state index in [-0.39, 0.29) is 11.8 Å². The third-order valence-electron chi connectivity index (χ3n) is 3.08. The summed E-state index contributed by atoms with van der Waals surface area (Å²) in [6, 6.07) is 6.54. The summed E-state index contributed by atoms with van der Waals surface area (Å²) in [5.74, 6) is 0.878. The van der Waals surface area contributed by atoms with Crippen LogP contribution in [0.1, 0.15) is 23.1 Å². The first-order chi connectivity index (χ1) is 10.1. The summed E-state index contributed by atoms with van der Waals surface area (Å²) < 4.78 is 1.91. The number of rotatable bonds is 5. The molecule has 6 heteroatoms. The van der Waals surface area contributed by atoms with Crippen molar-refractivity contribution < 1.29 is 9.59 Å². The highest BCUT2D eigenvalue weighted by molar-refractivity contribution is 5.96. The van der Waals surface area contributed by atoms with Crippen molar-refractivity contribution >= 4 is 17.5 Å². The van der Waals surface area contributed by atoms with E-state index in [0.29, 0.717) is 24.2 Å². The summed E-state index contributed by atoms with van der Waals surface area (Å²) in [5.41, 5.74) is 1.16. The van der Waals surface area contributed by atoms with Crippen molar-refractivity contribution in [3.63, 3.8) is 0 Å². The zero-order chi connectivity index (χ0) is 15.2. The number of amides is 2. The summed E-state index contributed by atoms with van der Waals surface area (Å²) in [4.78, 5) is 27.2. The van der Waals surface area contributed by atoms with Gasteiger partial charge in [-0.3, -0.25) is 4.79 Å². The Balaban J connectivity index is 1.83. The van der Waals surface area contributed by atoms with Gasteiger partial charge in [-0.1, -0.05) is 12.1 Å². The molecule has 0 aliphatic rings. The van der Waals surface area contributed by atoms with Crippen molar-refractivity contribution in [3.05, 3.63) is 48.0 Å². The Labute approximate surface area is 123 Å². The Morgan fingerprint density at radius 1 is 1.33 bits per heavy atom. The zero-order valence-electron chi connectivity index (χ0n) is 12.1. The lowest BCUT2D eigenvalue weighted by atomic mass is 10.1. The Morgan fingerprint density at radius 3 is 2.81 bits per heavy atom. The van der Waals surface area contributed by atoms with Crippen molar-refractivity contribution in [2.24, 2.45) is 7.05 Å². The minimum absolute atomic E-state index is 0.0335. The molecule has 2 amide bonds. The number of urea groups is 1. The van der Waals surface area contributed by atoms with E-state index in [4.69, 9.17) is 0 Å². The number of anilines is 1. The summed E-state index contributed by atoms with van der Waals surface area (Å²) in [5, 5.41) is 5.46. The summed E-state index contributed by atoms with van der Waals surface area (Å²) in [7, 11) is 1.91. The molecular weight excluding hydrogens is 268 g/mol. The number of carbonyl (C=O) groups excluding carboxylic acids is 2. The van der Waals surface area contributed by atoms with E-state index in [1.165, 1.54) is 6.92 Å². The van der Waals surface area contributed by atoms with Gasteiger partial charge in [-0.2, -0.15) is 0 Å². The normalized spacial score (nSPS) is 10.2. The molecule has 2 rings (SSSR count). The first-order valence-electron chi connectivity index (χ1n) is 6.68. The van der Waals surface area contributed by atoms with Crippen LogP contribution in [-0.2, 0) is 13.5 Å². The van der Waals surface area contributed by atoms with Gasteiger partial charge < -0.3 is 15.2 Å². The number of benzene rings is 1. The summed E-state index contributed by atoms with van der Waals surface area (Å²) >= 11 is 0. The maximum atomic E-state index is 11.8. The largest absolute Gasteiger partial charge is 0.338 e. The van der Waals surface area contributed by atoms with Crippen molar-refractivity contribution in [2.45, 2.75) is 13.3 Å². The van der Waals surface area contributed by atoms with Crippen LogP contribution in [0.15, 0.2) is 36.7 Å². The highest BCUT2D eigenvalue weighted by atomic mass is 16.2. The van der Waals surface area contributed by atoms with Crippen LogP contribution in [0.3, 0.4) is 0 Å². The molecule has 0 aliphatic heterocycles. The molecule has 1 heterocycles. The molecule has 0 saturated carbocycles. The van der Waals surface area contributed by atoms with Crippen LogP contribution in [0.5, 0.6) is 0 Å². The van der Waals surface area contributed by atoms with Gasteiger partial charge in [-0.25, -0.2) is 9.78 Å². The topological polar surface area (TPSA) is 76.0 Å². The number of Topliss-reactive ketones (excluding diaryl/α,β-unsaturated/α-hetero) is 1. The summed E-state index contributed by atoms with van der Waals surface area (Å²) in [6.07, 6.45) is 4.25. The van der Waals surface area contributed by atoms with Crippen molar-refractivity contribution in [1.29, 1.82) is 0 Å². The van der Waals surface area contributed by atoms with E-state index >= 15 is 0 Å². The van der Waals surface area contributed by atoms with Gasteiger partial charge in [0.1, 0.15) is 5.82 Å². The molecule has 2 N–H and O–H groups in total.